The summed E-state index contributed by atoms with van der Waals surface area (Å²) in [7, 11) is 0. The van der Waals surface area contributed by atoms with Gasteiger partial charge in [-0.1, -0.05) is 6.07 Å². The molecule has 3 N–H and O–H groups in total. The molecule has 4 heterocycles. The maximum atomic E-state index is 6.19. The summed E-state index contributed by atoms with van der Waals surface area (Å²) in [6.07, 6.45) is 6.22. The van der Waals surface area contributed by atoms with Gasteiger partial charge in [0.05, 0.1) is 5.69 Å². The number of anilines is 1. The van der Waals surface area contributed by atoms with Crippen LogP contribution in [0.4, 0.5) is 5.69 Å². The highest BCUT2D eigenvalue weighted by Gasteiger charge is 2.22. The first-order valence-corrected chi connectivity index (χ1v) is 8.21. The van der Waals surface area contributed by atoms with E-state index in [1.54, 1.807) is 11.3 Å². The van der Waals surface area contributed by atoms with Gasteiger partial charge in [-0.3, -0.25) is 0 Å². The molecule has 21 heavy (non-hydrogen) atoms. The molecule has 1 saturated heterocycles. The fraction of sp³-hybridized carbons (Fsp3) is 0.312. The Morgan fingerprint density at radius 1 is 1.38 bits per heavy atom. The largest absolute Gasteiger partial charge is 0.369 e. The Bertz CT molecular complexity index is 747. The topological polar surface area (TPSA) is 57.9 Å². The third-order valence-electron chi connectivity index (χ3n) is 4.12. The molecule has 1 aliphatic rings. The van der Waals surface area contributed by atoms with Crippen LogP contribution in [-0.2, 0) is 0 Å². The van der Waals surface area contributed by atoms with Gasteiger partial charge in [-0.25, -0.2) is 4.98 Å². The Labute approximate surface area is 127 Å². The van der Waals surface area contributed by atoms with E-state index in [1.165, 1.54) is 21.5 Å². The van der Waals surface area contributed by atoms with E-state index in [9.17, 15) is 0 Å². The number of nitrogens with two attached hydrogens (primary N) is 1. The molecule has 0 amide bonds. The van der Waals surface area contributed by atoms with E-state index in [2.05, 4.69) is 38.4 Å². The van der Waals surface area contributed by atoms with Crippen molar-refractivity contribution >= 4 is 28.1 Å². The summed E-state index contributed by atoms with van der Waals surface area (Å²) in [5.41, 5.74) is 9.63. The summed E-state index contributed by atoms with van der Waals surface area (Å²) in [5, 5.41) is 3.30. The number of rotatable bonds is 2. The Hall–Kier alpha value is -1.85. The SMILES string of the molecule is NC1CCCN(c2c(-c3cccs3)cnc3[nH]ccc23)C1. The summed E-state index contributed by atoms with van der Waals surface area (Å²) in [6.45, 7) is 1.99. The number of nitrogens with one attached hydrogen (secondary N) is 1. The zero-order chi connectivity index (χ0) is 14.2. The number of hydrogen-bond acceptors (Lipinski definition) is 4. The van der Waals surface area contributed by atoms with Crippen LogP contribution >= 0.6 is 11.3 Å². The van der Waals surface area contributed by atoms with E-state index in [-0.39, 0.29) is 6.04 Å². The Morgan fingerprint density at radius 3 is 3.14 bits per heavy atom. The number of hydrogen-bond donors (Lipinski definition) is 2. The zero-order valence-corrected chi connectivity index (χ0v) is 12.6. The standard InChI is InChI=1S/C16H18N4S/c17-11-3-1-7-20(10-11)15-12-5-6-18-16(12)19-9-13(15)14-4-2-8-21-14/h2,4-6,8-9,11H,1,3,7,10,17H2,(H,18,19). The summed E-state index contributed by atoms with van der Waals surface area (Å²) in [6, 6.07) is 6.63. The van der Waals surface area contributed by atoms with Gasteiger partial charge in [0.2, 0.25) is 0 Å². The van der Waals surface area contributed by atoms with E-state index >= 15 is 0 Å². The van der Waals surface area contributed by atoms with Crippen molar-refractivity contribution in [3.8, 4) is 10.4 Å². The Balaban J connectivity index is 1.91. The number of H-pyrrole nitrogens is 1. The molecule has 0 spiro atoms. The van der Waals surface area contributed by atoms with Crippen LogP contribution in [0.25, 0.3) is 21.5 Å². The van der Waals surface area contributed by atoms with Crippen molar-refractivity contribution in [1.82, 2.24) is 9.97 Å². The molecular formula is C16H18N4S. The van der Waals surface area contributed by atoms with Crippen molar-refractivity contribution < 1.29 is 0 Å². The molecule has 4 nitrogen and oxygen atoms in total. The summed E-state index contributed by atoms with van der Waals surface area (Å²) >= 11 is 1.76. The van der Waals surface area contributed by atoms with Gasteiger partial charge in [-0.2, -0.15) is 0 Å². The first-order valence-electron chi connectivity index (χ1n) is 7.33. The average molecular weight is 298 g/mol. The number of nitrogens with zero attached hydrogens (tertiary/aromatic N) is 2. The number of aromatic amines is 1. The van der Waals surface area contributed by atoms with Gasteiger partial charge in [0, 0.05) is 47.4 Å². The smallest absolute Gasteiger partial charge is 0.139 e. The Morgan fingerprint density at radius 2 is 2.33 bits per heavy atom. The van der Waals surface area contributed by atoms with Crippen LogP contribution in [0.5, 0.6) is 0 Å². The second-order valence-electron chi connectivity index (χ2n) is 5.59. The lowest BCUT2D eigenvalue weighted by Gasteiger charge is -2.34. The van der Waals surface area contributed by atoms with Crippen LogP contribution in [0.15, 0.2) is 36.0 Å². The third kappa shape index (κ3) is 2.22. The fourth-order valence-electron chi connectivity index (χ4n) is 3.16. The minimum absolute atomic E-state index is 0.261. The monoisotopic (exact) mass is 298 g/mol. The average Bonchev–Trinajstić information content (AvgIpc) is 3.17. The molecule has 5 heteroatoms. The number of aromatic nitrogens is 2. The maximum Gasteiger partial charge on any atom is 0.139 e. The molecule has 0 bridgehead atoms. The van der Waals surface area contributed by atoms with Gasteiger partial charge in [-0.05, 0) is 30.4 Å². The predicted molar refractivity (Wildman–Crippen MR) is 88.8 cm³/mol. The highest BCUT2D eigenvalue weighted by molar-refractivity contribution is 7.13. The molecule has 1 unspecified atom stereocenters. The normalized spacial score (nSPS) is 19.3. The van der Waals surface area contributed by atoms with Gasteiger partial charge >= 0.3 is 0 Å². The lowest BCUT2D eigenvalue weighted by molar-refractivity contribution is 0.507. The predicted octanol–water partition coefficient (Wildman–Crippen LogP) is 3.22. The van der Waals surface area contributed by atoms with Crippen molar-refractivity contribution in [3.05, 3.63) is 36.0 Å². The van der Waals surface area contributed by atoms with E-state index in [0.29, 0.717) is 0 Å². The number of fused-ring (bicyclic) bond motifs is 1. The molecule has 1 fully saturated rings. The summed E-state index contributed by atoms with van der Waals surface area (Å²) < 4.78 is 0. The first-order chi connectivity index (χ1) is 10.3. The fourth-order valence-corrected chi connectivity index (χ4v) is 3.90. The zero-order valence-electron chi connectivity index (χ0n) is 11.7. The minimum atomic E-state index is 0.261. The van der Waals surface area contributed by atoms with E-state index in [4.69, 9.17) is 5.73 Å². The Kier molecular flexibility index (Phi) is 3.16. The molecule has 1 atom stereocenters. The molecular weight excluding hydrogens is 280 g/mol. The highest BCUT2D eigenvalue weighted by atomic mass is 32.1. The molecule has 108 valence electrons. The van der Waals surface area contributed by atoms with Crippen LogP contribution < -0.4 is 10.6 Å². The van der Waals surface area contributed by atoms with Crippen LogP contribution in [0.3, 0.4) is 0 Å². The molecule has 3 aromatic rings. The van der Waals surface area contributed by atoms with Crippen molar-refractivity contribution in [2.45, 2.75) is 18.9 Å². The summed E-state index contributed by atoms with van der Waals surface area (Å²) in [5.74, 6) is 0. The number of pyridine rings is 1. The second kappa shape index (κ2) is 5.16. The van der Waals surface area contributed by atoms with Gasteiger partial charge in [0.1, 0.15) is 5.65 Å². The van der Waals surface area contributed by atoms with Crippen molar-refractivity contribution in [1.29, 1.82) is 0 Å². The van der Waals surface area contributed by atoms with Crippen LogP contribution in [0, 0.1) is 0 Å². The van der Waals surface area contributed by atoms with E-state index in [1.807, 2.05) is 12.4 Å². The van der Waals surface area contributed by atoms with E-state index < -0.39 is 0 Å². The third-order valence-corrected chi connectivity index (χ3v) is 5.02. The molecule has 3 aromatic heterocycles. The van der Waals surface area contributed by atoms with E-state index in [0.717, 1.165) is 31.6 Å². The van der Waals surface area contributed by atoms with Crippen molar-refractivity contribution in [2.75, 3.05) is 18.0 Å². The van der Waals surface area contributed by atoms with Crippen molar-refractivity contribution in [3.63, 3.8) is 0 Å². The number of piperidine rings is 1. The second-order valence-corrected chi connectivity index (χ2v) is 6.53. The highest BCUT2D eigenvalue weighted by Crippen LogP contribution is 2.39. The molecule has 4 rings (SSSR count). The van der Waals surface area contributed by atoms with Gasteiger partial charge in [0.15, 0.2) is 0 Å². The quantitative estimate of drug-likeness (QED) is 0.763. The first kappa shape index (κ1) is 12.9. The van der Waals surface area contributed by atoms with Crippen molar-refractivity contribution in [2.24, 2.45) is 5.73 Å². The van der Waals surface area contributed by atoms with Crippen LogP contribution in [0.2, 0.25) is 0 Å². The molecule has 0 saturated carbocycles. The lowest BCUT2D eigenvalue weighted by atomic mass is 10.0. The lowest BCUT2D eigenvalue weighted by Crippen LogP contribution is -2.43. The molecule has 0 aromatic carbocycles. The summed E-state index contributed by atoms with van der Waals surface area (Å²) in [4.78, 5) is 11.5. The molecule has 0 aliphatic carbocycles. The maximum absolute atomic E-state index is 6.19. The van der Waals surface area contributed by atoms with Crippen LogP contribution in [0.1, 0.15) is 12.8 Å². The van der Waals surface area contributed by atoms with Crippen LogP contribution in [-0.4, -0.2) is 29.1 Å². The van der Waals surface area contributed by atoms with Gasteiger partial charge in [0.25, 0.3) is 0 Å². The van der Waals surface area contributed by atoms with Gasteiger partial charge < -0.3 is 15.6 Å². The number of thiophene rings is 1. The van der Waals surface area contributed by atoms with Gasteiger partial charge in [-0.15, -0.1) is 11.3 Å². The minimum Gasteiger partial charge on any atom is -0.369 e. The molecule has 1 aliphatic heterocycles. The molecule has 0 radical (unpaired) electrons.